The van der Waals surface area contributed by atoms with Crippen LogP contribution < -0.4 is 15.4 Å². The van der Waals surface area contributed by atoms with Crippen molar-refractivity contribution >= 4 is 33.6 Å². The molecule has 0 saturated heterocycles. The largest absolute Gasteiger partial charge is 0.508 e. The molecule has 0 saturated carbocycles. The van der Waals surface area contributed by atoms with Crippen LogP contribution in [0.2, 0.25) is 0 Å². The number of amides is 2. The van der Waals surface area contributed by atoms with Gasteiger partial charge in [0, 0.05) is 6.42 Å². The summed E-state index contributed by atoms with van der Waals surface area (Å²) in [5, 5.41) is 12.6. The van der Waals surface area contributed by atoms with Crippen molar-refractivity contribution in [2.45, 2.75) is 67.9 Å². The molecule has 0 radical (unpaired) electrons. The fraction of sp³-hybridized carbons (Fsp3) is 0.353. The standard InChI is InChI=1S/C34H40N2O10S/c1-34(2,3)46-33(41)36-27(19-23-13-17-25(44-4)18-14-23)31(39)29(47(42,43)26-9-7-6-8-10-26)21-30(38)35-28(32(40)45-5)20-22-11-15-24(37)16-12-22/h6-18,27-29,37H,19-21H2,1-5H3,(H,35,38)(H,36,41)/t27-,28?,29?/m0/s1. The molecule has 0 heterocycles. The lowest BCUT2D eigenvalue weighted by Crippen LogP contribution is -2.52. The van der Waals surface area contributed by atoms with Gasteiger partial charge >= 0.3 is 12.1 Å². The number of nitrogens with one attached hydrogen (secondary N) is 2. The Morgan fingerprint density at radius 3 is 1.87 bits per heavy atom. The number of phenols is 1. The number of phenolic OH excluding ortho intramolecular Hbond substituents is 1. The molecule has 2 unspecified atom stereocenters. The molecular formula is C34H40N2O10S. The third-order valence-electron chi connectivity index (χ3n) is 6.96. The predicted molar refractivity (Wildman–Crippen MR) is 173 cm³/mol. The fourth-order valence-corrected chi connectivity index (χ4v) is 6.36. The summed E-state index contributed by atoms with van der Waals surface area (Å²) in [4.78, 5) is 53.0. The van der Waals surface area contributed by atoms with Crippen molar-refractivity contribution < 1.29 is 46.9 Å². The summed E-state index contributed by atoms with van der Waals surface area (Å²) >= 11 is 0. The molecule has 2 amide bonds. The van der Waals surface area contributed by atoms with Crippen LogP contribution in [0.1, 0.15) is 38.3 Å². The van der Waals surface area contributed by atoms with Crippen LogP contribution in [-0.2, 0) is 46.5 Å². The number of alkyl carbamates (subject to hydrolysis) is 1. The summed E-state index contributed by atoms with van der Waals surface area (Å²) in [6, 6.07) is 17.0. The van der Waals surface area contributed by atoms with Crippen LogP contribution in [0.15, 0.2) is 83.8 Å². The van der Waals surface area contributed by atoms with E-state index in [1.807, 2.05) is 0 Å². The van der Waals surface area contributed by atoms with Gasteiger partial charge in [0.15, 0.2) is 15.6 Å². The number of hydrogen-bond acceptors (Lipinski definition) is 10. The Bertz CT molecular complexity index is 1630. The second kappa shape index (κ2) is 16.1. The minimum Gasteiger partial charge on any atom is -0.508 e. The quantitative estimate of drug-likeness (QED) is 0.216. The van der Waals surface area contributed by atoms with E-state index >= 15 is 0 Å². The Kier molecular flexibility index (Phi) is 12.5. The third kappa shape index (κ3) is 10.8. The molecule has 3 rings (SSSR count). The number of hydrogen-bond donors (Lipinski definition) is 3. The molecule has 47 heavy (non-hydrogen) atoms. The van der Waals surface area contributed by atoms with Crippen LogP contribution in [-0.4, -0.2) is 74.4 Å². The van der Waals surface area contributed by atoms with Crippen LogP contribution >= 0.6 is 0 Å². The number of Topliss-reactive ketones (excluding diaryl/α,β-unsaturated/α-hetero) is 1. The Balaban J connectivity index is 1.99. The van der Waals surface area contributed by atoms with Crippen molar-refractivity contribution in [2.24, 2.45) is 0 Å². The number of sulfone groups is 1. The average molecular weight is 669 g/mol. The SMILES string of the molecule is COC(=O)C(Cc1ccc(O)cc1)NC(=O)CC(C(=O)[C@H](Cc1ccc(OC)cc1)NC(=O)OC(C)(C)C)S(=O)(=O)c1ccccc1. The van der Waals surface area contributed by atoms with Gasteiger partial charge in [0.25, 0.3) is 0 Å². The normalized spacial score (nSPS) is 13.4. The zero-order valence-electron chi connectivity index (χ0n) is 26.9. The molecule has 0 aliphatic heterocycles. The number of ether oxygens (including phenoxy) is 3. The van der Waals surface area contributed by atoms with Gasteiger partial charge < -0.3 is 30.0 Å². The molecule has 0 spiro atoms. The zero-order valence-corrected chi connectivity index (χ0v) is 27.7. The number of methoxy groups -OCH3 is 2. The average Bonchev–Trinajstić information content (AvgIpc) is 3.03. The molecule has 252 valence electrons. The number of benzene rings is 3. The summed E-state index contributed by atoms with van der Waals surface area (Å²) in [6.07, 6.45) is -1.99. The van der Waals surface area contributed by atoms with E-state index in [4.69, 9.17) is 14.2 Å². The van der Waals surface area contributed by atoms with Gasteiger partial charge in [-0.1, -0.05) is 42.5 Å². The van der Waals surface area contributed by atoms with Gasteiger partial charge in [-0.05, 0) is 74.7 Å². The van der Waals surface area contributed by atoms with Crippen molar-refractivity contribution in [1.29, 1.82) is 0 Å². The topological polar surface area (TPSA) is 174 Å². The molecule has 0 fully saturated rings. The van der Waals surface area contributed by atoms with Crippen molar-refractivity contribution in [2.75, 3.05) is 14.2 Å². The van der Waals surface area contributed by atoms with Crippen molar-refractivity contribution in [3.63, 3.8) is 0 Å². The number of esters is 1. The highest BCUT2D eigenvalue weighted by Gasteiger charge is 2.41. The van der Waals surface area contributed by atoms with Crippen LogP contribution in [0, 0.1) is 0 Å². The van der Waals surface area contributed by atoms with E-state index in [1.165, 1.54) is 43.5 Å². The zero-order chi connectivity index (χ0) is 34.8. The Hall–Kier alpha value is -4.91. The smallest absolute Gasteiger partial charge is 0.408 e. The number of carbonyl (C=O) groups is 4. The van der Waals surface area contributed by atoms with Crippen LogP contribution in [0.3, 0.4) is 0 Å². The molecule has 0 aliphatic carbocycles. The summed E-state index contributed by atoms with van der Waals surface area (Å²) in [7, 11) is -1.88. The van der Waals surface area contributed by atoms with Crippen LogP contribution in [0.5, 0.6) is 11.5 Å². The minimum atomic E-state index is -4.51. The predicted octanol–water partition coefficient (Wildman–Crippen LogP) is 3.54. The van der Waals surface area contributed by atoms with Crippen molar-refractivity contribution in [1.82, 2.24) is 10.6 Å². The van der Waals surface area contributed by atoms with Gasteiger partial charge in [-0.3, -0.25) is 9.59 Å². The van der Waals surface area contributed by atoms with E-state index in [1.54, 1.807) is 63.2 Å². The van der Waals surface area contributed by atoms with Gasteiger partial charge in [-0.15, -0.1) is 0 Å². The van der Waals surface area contributed by atoms with E-state index < -0.39 is 62.9 Å². The molecule has 13 heteroatoms. The summed E-state index contributed by atoms with van der Waals surface area (Å²) in [6.45, 7) is 4.90. The monoisotopic (exact) mass is 668 g/mol. The Labute approximate surface area is 274 Å². The number of rotatable bonds is 14. The fourth-order valence-electron chi connectivity index (χ4n) is 4.66. The van der Waals surface area contributed by atoms with Crippen LogP contribution in [0.25, 0.3) is 0 Å². The van der Waals surface area contributed by atoms with Crippen molar-refractivity contribution in [3.05, 3.63) is 90.0 Å². The van der Waals surface area contributed by atoms with Crippen LogP contribution in [0.4, 0.5) is 4.79 Å². The minimum absolute atomic E-state index is 0.00376. The lowest BCUT2D eigenvalue weighted by Gasteiger charge is -2.26. The Morgan fingerprint density at radius 2 is 1.34 bits per heavy atom. The van der Waals surface area contributed by atoms with E-state index in [-0.39, 0.29) is 23.5 Å². The lowest BCUT2D eigenvalue weighted by molar-refractivity contribution is -0.145. The first-order valence-corrected chi connectivity index (χ1v) is 16.3. The van der Waals surface area contributed by atoms with Gasteiger partial charge in [0.05, 0.1) is 31.6 Å². The Morgan fingerprint density at radius 1 is 0.787 bits per heavy atom. The van der Waals surface area contributed by atoms with Gasteiger partial charge in [-0.2, -0.15) is 0 Å². The van der Waals surface area contributed by atoms with E-state index in [2.05, 4.69) is 10.6 Å². The first-order valence-electron chi connectivity index (χ1n) is 14.7. The van der Waals surface area contributed by atoms with Gasteiger partial charge in [0.1, 0.15) is 28.4 Å². The summed E-state index contributed by atoms with van der Waals surface area (Å²) < 4.78 is 43.4. The summed E-state index contributed by atoms with van der Waals surface area (Å²) in [5.74, 6) is -2.13. The third-order valence-corrected chi connectivity index (χ3v) is 9.04. The van der Waals surface area contributed by atoms with E-state index in [0.717, 1.165) is 7.11 Å². The molecule has 0 aliphatic rings. The maximum Gasteiger partial charge on any atom is 0.408 e. The number of ketones is 1. The molecule has 3 aromatic carbocycles. The first kappa shape index (κ1) is 36.6. The highest BCUT2D eigenvalue weighted by molar-refractivity contribution is 7.92. The highest BCUT2D eigenvalue weighted by atomic mass is 32.2. The summed E-state index contributed by atoms with van der Waals surface area (Å²) in [5.41, 5.74) is 0.220. The van der Waals surface area contributed by atoms with Gasteiger partial charge in [0.2, 0.25) is 5.91 Å². The molecule has 3 atom stereocenters. The second-order valence-corrected chi connectivity index (χ2v) is 13.8. The number of carbonyl (C=O) groups excluding carboxylic acids is 4. The maximum absolute atomic E-state index is 14.3. The molecular weight excluding hydrogens is 628 g/mol. The molecule has 12 nitrogen and oxygen atoms in total. The van der Waals surface area contributed by atoms with Crippen molar-refractivity contribution in [3.8, 4) is 11.5 Å². The molecule has 0 aromatic heterocycles. The molecule has 3 aromatic rings. The molecule has 3 N–H and O–H groups in total. The van der Waals surface area contributed by atoms with E-state index in [0.29, 0.717) is 16.9 Å². The number of aromatic hydroxyl groups is 1. The lowest BCUT2D eigenvalue weighted by atomic mass is 9.98. The van der Waals surface area contributed by atoms with Gasteiger partial charge in [-0.25, -0.2) is 18.0 Å². The first-order chi connectivity index (χ1) is 22.1. The highest BCUT2D eigenvalue weighted by Crippen LogP contribution is 2.23. The second-order valence-electron chi connectivity index (χ2n) is 11.7. The maximum atomic E-state index is 14.3. The molecule has 0 bridgehead atoms. The van der Waals surface area contributed by atoms with E-state index in [9.17, 15) is 32.7 Å².